The number of pyridine rings is 1. The lowest BCUT2D eigenvalue weighted by molar-refractivity contribution is 0.227. The molecule has 0 aliphatic carbocycles. The first-order chi connectivity index (χ1) is 14.5. The minimum atomic E-state index is -0.491. The third kappa shape index (κ3) is 2.90. The average molecular weight is 405 g/mol. The highest BCUT2D eigenvalue weighted by Gasteiger charge is 2.23. The van der Waals surface area contributed by atoms with E-state index in [0.717, 1.165) is 22.4 Å². The molecule has 0 fully saturated rings. The van der Waals surface area contributed by atoms with E-state index in [2.05, 4.69) is 20.2 Å². The zero-order valence-corrected chi connectivity index (χ0v) is 16.6. The molecule has 4 aromatic rings. The van der Waals surface area contributed by atoms with Gasteiger partial charge in [-0.05, 0) is 38.1 Å². The van der Waals surface area contributed by atoms with Crippen LogP contribution in [0.1, 0.15) is 31.1 Å². The molecule has 8 nitrogen and oxygen atoms in total. The van der Waals surface area contributed by atoms with Crippen LogP contribution in [0.15, 0.2) is 43.0 Å². The summed E-state index contributed by atoms with van der Waals surface area (Å²) in [6.07, 6.45) is 4.54. The third-order valence-corrected chi connectivity index (χ3v) is 5.30. The monoisotopic (exact) mass is 405 g/mol. The molecule has 0 saturated heterocycles. The Morgan fingerprint density at radius 1 is 1.20 bits per heavy atom. The van der Waals surface area contributed by atoms with E-state index in [9.17, 15) is 4.39 Å². The number of ether oxygens (including phenoxy) is 1. The summed E-state index contributed by atoms with van der Waals surface area (Å²) in [4.78, 5) is 8.77. The number of nitrogen functional groups attached to an aromatic ring is 1. The lowest BCUT2D eigenvalue weighted by atomic mass is 10.0. The predicted molar refractivity (Wildman–Crippen MR) is 109 cm³/mol. The Kier molecular flexibility index (Phi) is 4.23. The number of nitrogens with two attached hydrogens (primary N) is 1. The highest BCUT2D eigenvalue weighted by Crippen LogP contribution is 2.36. The van der Waals surface area contributed by atoms with Gasteiger partial charge in [-0.25, -0.2) is 19.0 Å². The molecule has 5 rings (SSSR count). The molecule has 9 heteroatoms. The molecule has 4 heterocycles. The summed E-state index contributed by atoms with van der Waals surface area (Å²) >= 11 is 0. The van der Waals surface area contributed by atoms with Gasteiger partial charge in [-0.1, -0.05) is 0 Å². The van der Waals surface area contributed by atoms with E-state index in [-0.39, 0.29) is 11.6 Å². The number of benzene rings is 1. The highest BCUT2D eigenvalue weighted by molar-refractivity contribution is 5.68. The van der Waals surface area contributed by atoms with Crippen molar-refractivity contribution in [1.29, 1.82) is 0 Å². The first kappa shape index (κ1) is 18.3. The van der Waals surface area contributed by atoms with Gasteiger partial charge in [0.05, 0.1) is 18.4 Å². The van der Waals surface area contributed by atoms with E-state index < -0.39 is 6.10 Å². The van der Waals surface area contributed by atoms with Gasteiger partial charge in [-0.2, -0.15) is 10.2 Å². The summed E-state index contributed by atoms with van der Waals surface area (Å²) in [7, 11) is 0. The van der Waals surface area contributed by atoms with Gasteiger partial charge in [0.1, 0.15) is 18.2 Å². The van der Waals surface area contributed by atoms with Crippen molar-refractivity contribution < 1.29 is 9.13 Å². The van der Waals surface area contributed by atoms with E-state index in [4.69, 9.17) is 10.5 Å². The number of hydrogen-bond donors (Lipinski definition) is 1. The lowest BCUT2D eigenvalue weighted by Gasteiger charge is -2.21. The quantitative estimate of drug-likeness (QED) is 0.521. The Balaban J connectivity index is 1.79. The van der Waals surface area contributed by atoms with E-state index in [1.54, 1.807) is 16.9 Å². The normalized spacial score (nSPS) is 15.2. The third-order valence-electron chi connectivity index (χ3n) is 5.30. The van der Waals surface area contributed by atoms with Gasteiger partial charge < -0.3 is 10.5 Å². The minimum absolute atomic E-state index is 0.271. The van der Waals surface area contributed by atoms with Crippen LogP contribution in [-0.2, 0) is 13.1 Å². The number of anilines is 1. The fraction of sp³-hybridized carbons (Fsp3) is 0.238. The Labute approximate surface area is 172 Å². The van der Waals surface area contributed by atoms with Gasteiger partial charge >= 0.3 is 0 Å². The Morgan fingerprint density at radius 3 is 2.90 bits per heavy atom. The number of aryl methyl sites for hydroxylation is 1. The predicted octanol–water partition coefficient (Wildman–Crippen LogP) is 3.45. The molecule has 30 heavy (non-hydrogen) atoms. The molecule has 0 unspecified atom stereocenters. The Hall–Kier alpha value is -3.75. The summed E-state index contributed by atoms with van der Waals surface area (Å²) in [5.74, 6) is 0.986. The van der Waals surface area contributed by atoms with Crippen molar-refractivity contribution in [2.75, 3.05) is 5.73 Å². The zero-order valence-electron chi connectivity index (χ0n) is 16.6. The molecule has 0 saturated carbocycles. The van der Waals surface area contributed by atoms with Crippen LogP contribution in [0, 0.1) is 5.82 Å². The number of aromatic nitrogens is 6. The SMILES string of the molecule is CCn1ncc2c1-c1cnc(N)c(c1)O[C@H](C)c1cc(F)ccc1-c1ncnn1C2. The number of rotatable bonds is 1. The molecule has 1 aromatic carbocycles. The van der Waals surface area contributed by atoms with Crippen LogP contribution in [-0.4, -0.2) is 29.5 Å². The molecule has 0 amide bonds. The van der Waals surface area contributed by atoms with Crippen LogP contribution < -0.4 is 10.5 Å². The summed E-state index contributed by atoms with van der Waals surface area (Å²) in [5.41, 5.74) is 10.2. The van der Waals surface area contributed by atoms with Crippen molar-refractivity contribution in [2.24, 2.45) is 0 Å². The van der Waals surface area contributed by atoms with Crippen molar-refractivity contribution >= 4 is 5.82 Å². The van der Waals surface area contributed by atoms with Crippen molar-refractivity contribution in [3.63, 3.8) is 0 Å². The van der Waals surface area contributed by atoms with Crippen LogP contribution in [0.2, 0.25) is 0 Å². The van der Waals surface area contributed by atoms with Crippen molar-refractivity contribution in [3.05, 3.63) is 59.9 Å². The lowest BCUT2D eigenvalue weighted by Crippen LogP contribution is -2.12. The molecular weight excluding hydrogens is 385 g/mol. The highest BCUT2D eigenvalue weighted by atomic mass is 19.1. The van der Waals surface area contributed by atoms with E-state index in [0.29, 0.717) is 30.2 Å². The summed E-state index contributed by atoms with van der Waals surface area (Å²) in [6, 6.07) is 6.42. The molecule has 0 radical (unpaired) electrons. The fourth-order valence-corrected chi connectivity index (χ4v) is 3.87. The van der Waals surface area contributed by atoms with Crippen molar-refractivity contribution in [3.8, 4) is 28.4 Å². The van der Waals surface area contributed by atoms with Gasteiger partial charge in [-0.15, -0.1) is 0 Å². The topological polar surface area (TPSA) is 96.7 Å². The standard InChI is InChI=1S/C21H20FN7O/c1-3-28-19-13-6-18(20(23)24-8-13)30-12(2)17-7-15(22)4-5-16(17)21-25-11-27-29(21)10-14(19)9-26-28/h4-9,11-12H,3,10H2,1-2H3,(H2,23,24)/t12-/m1/s1. The van der Waals surface area contributed by atoms with Gasteiger partial charge in [-0.3, -0.25) is 4.68 Å². The second-order valence-electron chi connectivity index (χ2n) is 7.17. The van der Waals surface area contributed by atoms with E-state index >= 15 is 0 Å². The zero-order chi connectivity index (χ0) is 20.8. The van der Waals surface area contributed by atoms with Gasteiger partial charge in [0.2, 0.25) is 0 Å². The fourth-order valence-electron chi connectivity index (χ4n) is 3.87. The number of nitrogens with zero attached hydrogens (tertiary/aromatic N) is 6. The van der Waals surface area contributed by atoms with E-state index in [1.807, 2.05) is 30.8 Å². The Bertz CT molecular complexity index is 1250. The Morgan fingerprint density at radius 2 is 2.07 bits per heavy atom. The first-order valence-corrected chi connectivity index (χ1v) is 9.70. The summed E-state index contributed by atoms with van der Waals surface area (Å²) in [5, 5.41) is 8.93. The number of hydrogen-bond acceptors (Lipinski definition) is 6. The van der Waals surface area contributed by atoms with Crippen molar-refractivity contribution in [2.45, 2.75) is 33.0 Å². The number of halogens is 1. The summed E-state index contributed by atoms with van der Waals surface area (Å²) < 4.78 is 24.0. The minimum Gasteiger partial charge on any atom is -0.482 e. The van der Waals surface area contributed by atoms with Crippen LogP contribution in [0.4, 0.5) is 10.2 Å². The second-order valence-corrected chi connectivity index (χ2v) is 7.17. The smallest absolute Gasteiger partial charge is 0.166 e. The largest absolute Gasteiger partial charge is 0.482 e. The maximum Gasteiger partial charge on any atom is 0.166 e. The van der Waals surface area contributed by atoms with Crippen LogP contribution in [0.5, 0.6) is 5.75 Å². The maximum absolute atomic E-state index is 14.1. The molecule has 1 aliphatic heterocycles. The molecule has 3 aromatic heterocycles. The first-order valence-electron chi connectivity index (χ1n) is 9.70. The molecule has 1 atom stereocenters. The molecule has 2 N–H and O–H groups in total. The molecule has 2 bridgehead atoms. The van der Waals surface area contributed by atoms with Gasteiger partial charge in [0.15, 0.2) is 17.4 Å². The van der Waals surface area contributed by atoms with Crippen LogP contribution in [0.25, 0.3) is 22.6 Å². The molecule has 152 valence electrons. The van der Waals surface area contributed by atoms with Crippen molar-refractivity contribution in [1.82, 2.24) is 29.5 Å². The van der Waals surface area contributed by atoms with E-state index in [1.165, 1.54) is 18.5 Å². The second kappa shape index (κ2) is 6.94. The average Bonchev–Trinajstić information content (AvgIpc) is 3.36. The maximum atomic E-state index is 14.1. The molecular formula is C21H20FN7O. The summed E-state index contributed by atoms with van der Waals surface area (Å²) in [6.45, 7) is 5.02. The molecule has 1 aliphatic rings. The van der Waals surface area contributed by atoms with Crippen LogP contribution >= 0.6 is 0 Å². The van der Waals surface area contributed by atoms with Gasteiger partial charge in [0, 0.05) is 35.0 Å². The van der Waals surface area contributed by atoms with Gasteiger partial charge in [0.25, 0.3) is 0 Å². The van der Waals surface area contributed by atoms with Crippen LogP contribution in [0.3, 0.4) is 0 Å². The number of fused-ring (bicyclic) bond motifs is 7. The molecule has 0 spiro atoms.